The van der Waals surface area contributed by atoms with E-state index in [1.54, 1.807) is 0 Å². The smallest absolute Gasteiger partial charge is 0.382 e. The summed E-state index contributed by atoms with van der Waals surface area (Å²) in [5.41, 5.74) is -2.40. The van der Waals surface area contributed by atoms with Crippen molar-refractivity contribution in [1.29, 1.82) is 0 Å². The predicted octanol–water partition coefficient (Wildman–Crippen LogP) is 2.50. The fraction of sp³-hybridized carbons (Fsp3) is 0.364. The highest BCUT2D eigenvalue weighted by molar-refractivity contribution is 5.94. The van der Waals surface area contributed by atoms with Crippen LogP contribution in [0, 0.1) is 5.82 Å². The molecule has 1 aromatic rings. The standard InChI is InChI=1S/C11H8F7NO2/c12-7-2-1-5(10(13,14)15)3-6(7)9(21)19-4-8(20)11(16,17)18/h1-3,8,20H,4H2,(H,19,21). The number of aliphatic hydroxyl groups is 1. The summed E-state index contributed by atoms with van der Waals surface area (Å²) in [7, 11) is 0. The Hall–Kier alpha value is -1.84. The first-order valence-electron chi connectivity index (χ1n) is 5.32. The summed E-state index contributed by atoms with van der Waals surface area (Å²) in [6, 6.07) is 0.930. The third-order valence-electron chi connectivity index (χ3n) is 2.37. The van der Waals surface area contributed by atoms with Crippen molar-refractivity contribution in [3.8, 4) is 0 Å². The van der Waals surface area contributed by atoms with E-state index in [-0.39, 0.29) is 6.07 Å². The van der Waals surface area contributed by atoms with Crippen molar-refractivity contribution in [3.05, 3.63) is 35.1 Å². The lowest BCUT2D eigenvalue weighted by Crippen LogP contribution is -2.40. The van der Waals surface area contributed by atoms with E-state index in [1.165, 1.54) is 5.32 Å². The number of carbonyl (C=O) groups excluding carboxylic acids is 1. The van der Waals surface area contributed by atoms with Crippen LogP contribution in [-0.2, 0) is 6.18 Å². The molecule has 10 heteroatoms. The van der Waals surface area contributed by atoms with E-state index in [2.05, 4.69) is 0 Å². The Morgan fingerprint density at radius 3 is 2.24 bits per heavy atom. The van der Waals surface area contributed by atoms with Crippen LogP contribution in [0.3, 0.4) is 0 Å². The molecule has 1 unspecified atom stereocenters. The van der Waals surface area contributed by atoms with Crippen LogP contribution in [0.5, 0.6) is 0 Å². The van der Waals surface area contributed by atoms with Gasteiger partial charge in [-0.15, -0.1) is 0 Å². The summed E-state index contributed by atoms with van der Waals surface area (Å²) in [6.45, 7) is -1.31. The molecule has 3 nitrogen and oxygen atoms in total. The minimum atomic E-state index is -5.01. The first-order valence-corrected chi connectivity index (χ1v) is 5.32. The molecule has 1 rings (SSSR count). The molecule has 0 aliphatic carbocycles. The molecular weight excluding hydrogens is 311 g/mol. The van der Waals surface area contributed by atoms with Gasteiger partial charge in [-0.1, -0.05) is 0 Å². The number of hydrogen-bond acceptors (Lipinski definition) is 2. The number of carbonyl (C=O) groups is 1. The molecule has 0 saturated carbocycles. The molecule has 0 bridgehead atoms. The Kier molecular flexibility index (Phi) is 4.82. The van der Waals surface area contributed by atoms with Gasteiger partial charge in [-0.25, -0.2) is 4.39 Å². The van der Waals surface area contributed by atoms with Crippen molar-refractivity contribution in [2.24, 2.45) is 0 Å². The third kappa shape index (κ3) is 4.59. The van der Waals surface area contributed by atoms with Crippen LogP contribution in [0.1, 0.15) is 15.9 Å². The molecule has 2 N–H and O–H groups in total. The number of alkyl halides is 6. The van der Waals surface area contributed by atoms with E-state index in [9.17, 15) is 35.5 Å². The van der Waals surface area contributed by atoms with E-state index in [1.807, 2.05) is 0 Å². The first-order chi connectivity index (χ1) is 9.43. The van der Waals surface area contributed by atoms with Gasteiger partial charge in [0.25, 0.3) is 5.91 Å². The maximum absolute atomic E-state index is 13.3. The second-order valence-corrected chi connectivity index (χ2v) is 3.96. The van der Waals surface area contributed by atoms with E-state index >= 15 is 0 Å². The summed E-state index contributed by atoms with van der Waals surface area (Å²) in [4.78, 5) is 11.4. The average Bonchev–Trinajstić information content (AvgIpc) is 2.33. The Labute approximate surface area is 113 Å². The Bertz CT molecular complexity index is 524. The normalized spacial score (nSPS) is 13.9. The minimum Gasteiger partial charge on any atom is -0.382 e. The van der Waals surface area contributed by atoms with Gasteiger partial charge in [0.05, 0.1) is 17.7 Å². The minimum absolute atomic E-state index is 0.171. The predicted molar refractivity (Wildman–Crippen MR) is 55.8 cm³/mol. The quantitative estimate of drug-likeness (QED) is 0.841. The molecular formula is C11H8F7NO2. The van der Waals surface area contributed by atoms with Gasteiger partial charge in [0.2, 0.25) is 0 Å². The molecule has 0 fully saturated rings. The van der Waals surface area contributed by atoms with Crippen molar-refractivity contribution in [2.45, 2.75) is 18.5 Å². The van der Waals surface area contributed by atoms with Crippen molar-refractivity contribution < 1.29 is 40.6 Å². The first kappa shape index (κ1) is 17.2. The average molecular weight is 319 g/mol. The molecule has 0 spiro atoms. The molecule has 0 radical (unpaired) electrons. The molecule has 0 aliphatic rings. The molecule has 118 valence electrons. The van der Waals surface area contributed by atoms with E-state index in [4.69, 9.17) is 5.11 Å². The monoisotopic (exact) mass is 319 g/mol. The fourth-order valence-electron chi connectivity index (χ4n) is 1.28. The number of hydrogen-bond donors (Lipinski definition) is 2. The van der Waals surface area contributed by atoms with E-state index < -0.39 is 47.9 Å². The molecule has 1 aromatic carbocycles. The maximum atomic E-state index is 13.3. The number of benzene rings is 1. The van der Waals surface area contributed by atoms with Crippen molar-refractivity contribution in [2.75, 3.05) is 6.54 Å². The van der Waals surface area contributed by atoms with Gasteiger partial charge in [0.1, 0.15) is 5.82 Å². The van der Waals surface area contributed by atoms with E-state index in [0.717, 1.165) is 0 Å². The highest BCUT2D eigenvalue weighted by Gasteiger charge is 2.38. The number of nitrogens with one attached hydrogen (secondary N) is 1. The Morgan fingerprint density at radius 1 is 1.19 bits per heavy atom. The van der Waals surface area contributed by atoms with Gasteiger partial charge >= 0.3 is 12.4 Å². The zero-order valence-electron chi connectivity index (χ0n) is 10.0. The largest absolute Gasteiger partial charge is 0.416 e. The van der Waals surface area contributed by atoms with Gasteiger partial charge in [0.15, 0.2) is 6.10 Å². The van der Waals surface area contributed by atoms with Gasteiger partial charge in [0, 0.05) is 0 Å². The van der Waals surface area contributed by atoms with Crippen LogP contribution >= 0.6 is 0 Å². The highest BCUT2D eigenvalue weighted by Crippen LogP contribution is 2.30. The number of rotatable bonds is 3. The summed E-state index contributed by atoms with van der Waals surface area (Å²) < 4.78 is 86.4. The van der Waals surface area contributed by atoms with Crippen LogP contribution < -0.4 is 5.32 Å². The molecule has 0 aliphatic heterocycles. The summed E-state index contributed by atoms with van der Waals surface area (Å²) in [5, 5.41) is 10.1. The number of halogens is 7. The van der Waals surface area contributed by atoms with Crippen molar-refractivity contribution in [1.82, 2.24) is 5.32 Å². The lowest BCUT2D eigenvalue weighted by atomic mass is 10.1. The van der Waals surface area contributed by atoms with Crippen LogP contribution in [0.2, 0.25) is 0 Å². The molecule has 21 heavy (non-hydrogen) atoms. The van der Waals surface area contributed by atoms with Gasteiger partial charge in [-0.3, -0.25) is 4.79 Å². The topological polar surface area (TPSA) is 49.3 Å². The lowest BCUT2D eigenvalue weighted by Gasteiger charge is -2.15. The van der Waals surface area contributed by atoms with Crippen LogP contribution in [0.25, 0.3) is 0 Å². The maximum Gasteiger partial charge on any atom is 0.416 e. The number of amides is 1. The molecule has 0 heterocycles. The molecule has 1 amide bonds. The van der Waals surface area contributed by atoms with Crippen LogP contribution in [0.4, 0.5) is 30.7 Å². The van der Waals surface area contributed by atoms with Gasteiger partial charge in [-0.05, 0) is 18.2 Å². The third-order valence-corrected chi connectivity index (χ3v) is 2.37. The highest BCUT2D eigenvalue weighted by atomic mass is 19.4. The lowest BCUT2D eigenvalue weighted by molar-refractivity contribution is -0.201. The summed E-state index contributed by atoms with van der Waals surface area (Å²) in [6.07, 6.45) is -12.8. The summed E-state index contributed by atoms with van der Waals surface area (Å²) >= 11 is 0. The van der Waals surface area contributed by atoms with Crippen LogP contribution in [-0.4, -0.2) is 29.8 Å². The molecule has 0 saturated heterocycles. The number of aliphatic hydroxyl groups excluding tert-OH is 1. The van der Waals surface area contributed by atoms with Gasteiger partial charge < -0.3 is 10.4 Å². The molecule has 0 aromatic heterocycles. The Morgan fingerprint density at radius 2 is 1.76 bits per heavy atom. The second-order valence-electron chi connectivity index (χ2n) is 3.96. The zero-order chi connectivity index (χ0) is 16.4. The van der Waals surface area contributed by atoms with Crippen molar-refractivity contribution in [3.63, 3.8) is 0 Å². The fourth-order valence-corrected chi connectivity index (χ4v) is 1.28. The molecule has 1 atom stereocenters. The van der Waals surface area contributed by atoms with Crippen LogP contribution in [0.15, 0.2) is 18.2 Å². The van der Waals surface area contributed by atoms with Gasteiger partial charge in [-0.2, -0.15) is 26.3 Å². The van der Waals surface area contributed by atoms with Crippen molar-refractivity contribution >= 4 is 5.91 Å². The zero-order valence-corrected chi connectivity index (χ0v) is 10.0. The Balaban J connectivity index is 2.88. The van der Waals surface area contributed by atoms with E-state index in [0.29, 0.717) is 12.1 Å². The second kappa shape index (κ2) is 5.88. The summed E-state index contributed by atoms with van der Waals surface area (Å²) in [5.74, 6) is -2.83. The SMILES string of the molecule is O=C(NCC(O)C(F)(F)F)c1cc(C(F)(F)F)ccc1F.